The van der Waals surface area contributed by atoms with Gasteiger partial charge in [-0.05, 0) is 30.5 Å². The van der Waals surface area contributed by atoms with Gasteiger partial charge in [0.05, 0.1) is 11.0 Å². The maximum atomic E-state index is 12.6. The maximum absolute atomic E-state index is 12.6. The molecule has 0 N–H and O–H groups in total. The first-order valence-corrected chi connectivity index (χ1v) is 7.00. The first kappa shape index (κ1) is 11.9. The second-order valence-corrected chi connectivity index (χ2v) is 4.74. The lowest BCUT2D eigenvalue weighted by Gasteiger charge is -2.05. The predicted molar refractivity (Wildman–Crippen MR) is 75.5 cm³/mol. The van der Waals surface area contributed by atoms with Crippen molar-refractivity contribution in [3.63, 3.8) is 0 Å². The molecule has 0 aliphatic heterocycles. The van der Waals surface area contributed by atoms with Crippen LogP contribution < -0.4 is 0 Å². The third-order valence-electron chi connectivity index (χ3n) is 2.84. The van der Waals surface area contributed by atoms with Crippen LogP contribution in [0.3, 0.4) is 0 Å². The van der Waals surface area contributed by atoms with Crippen LogP contribution in [0.2, 0.25) is 0 Å². The quantitative estimate of drug-likeness (QED) is 0.671. The maximum Gasteiger partial charge on any atom is 0.264 e. The minimum Gasteiger partial charge on any atom is -0.268 e. The third-order valence-corrected chi connectivity index (χ3v) is 3.48. The van der Waals surface area contributed by atoms with Crippen molar-refractivity contribution in [2.45, 2.75) is 5.16 Å². The number of aromatic nitrogens is 3. The largest absolute Gasteiger partial charge is 0.268 e. The lowest BCUT2D eigenvalue weighted by molar-refractivity contribution is 0.0955. The van der Waals surface area contributed by atoms with Crippen LogP contribution in [-0.4, -0.2) is 26.7 Å². The highest BCUT2D eigenvalue weighted by Gasteiger charge is 2.17. The number of nitrogens with zero attached hydrogens (tertiary/aromatic N) is 3. The summed E-state index contributed by atoms with van der Waals surface area (Å²) in [6, 6.07) is 11.1. The Morgan fingerprint density at radius 3 is 2.63 bits per heavy atom. The Morgan fingerprint density at radius 2 is 1.89 bits per heavy atom. The van der Waals surface area contributed by atoms with Gasteiger partial charge in [0, 0.05) is 18.0 Å². The van der Waals surface area contributed by atoms with Gasteiger partial charge in [-0.2, -0.15) is 0 Å². The van der Waals surface area contributed by atoms with E-state index < -0.39 is 0 Å². The predicted octanol–water partition coefficient (Wildman–Crippen LogP) is 2.84. The van der Waals surface area contributed by atoms with Crippen molar-refractivity contribution >= 4 is 28.7 Å². The van der Waals surface area contributed by atoms with E-state index >= 15 is 0 Å². The molecule has 19 heavy (non-hydrogen) atoms. The van der Waals surface area contributed by atoms with E-state index in [9.17, 15) is 4.79 Å². The first-order valence-electron chi connectivity index (χ1n) is 5.77. The van der Waals surface area contributed by atoms with Gasteiger partial charge >= 0.3 is 0 Å². The molecule has 2 aromatic heterocycles. The normalized spacial score (nSPS) is 10.8. The van der Waals surface area contributed by atoms with Crippen LogP contribution in [0, 0.1) is 0 Å². The summed E-state index contributed by atoms with van der Waals surface area (Å²) in [6.45, 7) is 0. The summed E-state index contributed by atoms with van der Waals surface area (Å²) < 4.78 is 1.65. The summed E-state index contributed by atoms with van der Waals surface area (Å²) in [4.78, 5) is 21.0. The van der Waals surface area contributed by atoms with Gasteiger partial charge < -0.3 is 0 Å². The van der Waals surface area contributed by atoms with Crippen LogP contribution in [0.5, 0.6) is 0 Å². The number of carbonyl (C=O) groups is 1. The van der Waals surface area contributed by atoms with Gasteiger partial charge in [0.15, 0.2) is 5.16 Å². The first-order chi connectivity index (χ1) is 9.31. The van der Waals surface area contributed by atoms with Gasteiger partial charge in [-0.3, -0.25) is 14.3 Å². The zero-order valence-electron chi connectivity index (χ0n) is 10.3. The van der Waals surface area contributed by atoms with Gasteiger partial charge in [0.25, 0.3) is 5.91 Å². The zero-order valence-corrected chi connectivity index (χ0v) is 11.1. The van der Waals surface area contributed by atoms with Crippen LogP contribution in [0.4, 0.5) is 0 Å². The molecular weight excluding hydrogens is 258 g/mol. The molecule has 0 fully saturated rings. The molecule has 0 aliphatic carbocycles. The molecule has 0 radical (unpaired) electrons. The Labute approximate surface area is 114 Å². The molecule has 0 atom stereocenters. The Kier molecular flexibility index (Phi) is 3.05. The number of benzene rings is 1. The Balaban J connectivity index is 2.21. The number of imidazole rings is 1. The minimum absolute atomic E-state index is 0.0829. The fourth-order valence-corrected chi connectivity index (χ4v) is 2.51. The fraction of sp³-hybridized carbons (Fsp3) is 0.0714. The number of pyridine rings is 1. The second-order valence-electron chi connectivity index (χ2n) is 3.96. The zero-order chi connectivity index (χ0) is 13.2. The van der Waals surface area contributed by atoms with E-state index in [0.717, 1.165) is 11.0 Å². The molecule has 4 nitrogen and oxygen atoms in total. The highest BCUT2D eigenvalue weighted by atomic mass is 32.2. The molecule has 0 bridgehead atoms. The highest BCUT2D eigenvalue weighted by molar-refractivity contribution is 7.98. The molecule has 3 rings (SSSR count). The number of thioether (sulfide) groups is 1. The van der Waals surface area contributed by atoms with Crippen molar-refractivity contribution in [1.29, 1.82) is 0 Å². The lowest BCUT2D eigenvalue weighted by Crippen LogP contribution is -2.12. The van der Waals surface area contributed by atoms with E-state index in [-0.39, 0.29) is 5.91 Å². The van der Waals surface area contributed by atoms with Crippen LogP contribution in [0.1, 0.15) is 10.4 Å². The SMILES string of the molecule is CSc1nc2ccccc2n1C(=O)c1ccncc1. The second kappa shape index (κ2) is 4.85. The molecular formula is C14H11N3OS. The van der Waals surface area contributed by atoms with Crippen molar-refractivity contribution in [1.82, 2.24) is 14.5 Å². The number of rotatable bonds is 2. The molecule has 0 saturated heterocycles. The Hall–Kier alpha value is -2.14. The van der Waals surface area contributed by atoms with Crippen molar-refractivity contribution in [2.75, 3.05) is 6.26 Å². The lowest BCUT2D eigenvalue weighted by atomic mass is 10.2. The fourth-order valence-electron chi connectivity index (χ4n) is 1.96. The summed E-state index contributed by atoms with van der Waals surface area (Å²) in [5.74, 6) is -0.0829. The van der Waals surface area contributed by atoms with Gasteiger partial charge in [-0.25, -0.2) is 4.98 Å². The molecule has 5 heteroatoms. The van der Waals surface area contributed by atoms with Crippen LogP contribution in [0.25, 0.3) is 11.0 Å². The minimum atomic E-state index is -0.0829. The Morgan fingerprint density at radius 1 is 1.16 bits per heavy atom. The van der Waals surface area contributed by atoms with E-state index in [4.69, 9.17) is 0 Å². The summed E-state index contributed by atoms with van der Waals surface area (Å²) in [5, 5.41) is 0.697. The number of fused-ring (bicyclic) bond motifs is 1. The average molecular weight is 269 g/mol. The van der Waals surface area contributed by atoms with E-state index in [1.165, 1.54) is 11.8 Å². The average Bonchev–Trinajstić information content (AvgIpc) is 2.86. The van der Waals surface area contributed by atoms with Crippen molar-refractivity contribution in [3.8, 4) is 0 Å². The van der Waals surface area contributed by atoms with Crippen molar-refractivity contribution in [2.24, 2.45) is 0 Å². The van der Waals surface area contributed by atoms with Crippen LogP contribution in [0.15, 0.2) is 53.9 Å². The summed E-state index contributed by atoms with van der Waals surface area (Å²) in [5.41, 5.74) is 2.26. The topological polar surface area (TPSA) is 47.8 Å². The smallest absolute Gasteiger partial charge is 0.264 e. The molecule has 2 heterocycles. The molecule has 0 aliphatic rings. The van der Waals surface area contributed by atoms with Gasteiger partial charge in [-0.15, -0.1) is 0 Å². The number of hydrogen-bond donors (Lipinski definition) is 0. The van der Waals surface area contributed by atoms with E-state index in [2.05, 4.69) is 9.97 Å². The summed E-state index contributed by atoms with van der Waals surface area (Å²) in [6.07, 6.45) is 5.15. The van der Waals surface area contributed by atoms with Gasteiger partial charge in [0.2, 0.25) is 0 Å². The standard InChI is InChI=1S/C14H11N3OS/c1-19-14-16-11-4-2-3-5-12(11)17(14)13(18)10-6-8-15-9-7-10/h2-9H,1H3. The van der Waals surface area contributed by atoms with Gasteiger partial charge in [-0.1, -0.05) is 23.9 Å². The monoisotopic (exact) mass is 269 g/mol. The van der Waals surface area contributed by atoms with E-state index in [0.29, 0.717) is 10.7 Å². The molecule has 3 aromatic rings. The van der Waals surface area contributed by atoms with E-state index in [1.807, 2.05) is 30.5 Å². The van der Waals surface area contributed by atoms with Crippen molar-refractivity contribution in [3.05, 3.63) is 54.4 Å². The van der Waals surface area contributed by atoms with Crippen molar-refractivity contribution < 1.29 is 4.79 Å². The molecule has 1 aromatic carbocycles. The Bertz CT molecular complexity index is 737. The third kappa shape index (κ3) is 2.02. The number of carbonyl (C=O) groups excluding carboxylic acids is 1. The number of hydrogen-bond acceptors (Lipinski definition) is 4. The molecule has 0 amide bonds. The summed E-state index contributed by atoms with van der Waals surface area (Å²) in [7, 11) is 0. The van der Waals surface area contributed by atoms with Gasteiger partial charge in [0.1, 0.15) is 0 Å². The molecule has 94 valence electrons. The molecule has 0 unspecified atom stereocenters. The summed E-state index contributed by atoms with van der Waals surface area (Å²) >= 11 is 1.46. The van der Waals surface area contributed by atoms with E-state index in [1.54, 1.807) is 29.1 Å². The van der Waals surface area contributed by atoms with Crippen LogP contribution in [-0.2, 0) is 0 Å². The molecule has 0 saturated carbocycles. The molecule has 0 spiro atoms. The number of para-hydroxylation sites is 2. The van der Waals surface area contributed by atoms with Crippen LogP contribution >= 0.6 is 11.8 Å². The highest BCUT2D eigenvalue weighted by Crippen LogP contribution is 2.23.